The predicted molar refractivity (Wildman–Crippen MR) is 123 cm³/mol. The number of aromatic nitrogens is 4. The van der Waals surface area contributed by atoms with Crippen molar-refractivity contribution >= 4 is 34.4 Å². The van der Waals surface area contributed by atoms with Crippen LogP contribution >= 0.6 is 11.6 Å². The van der Waals surface area contributed by atoms with E-state index in [2.05, 4.69) is 15.3 Å². The van der Waals surface area contributed by atoms with Crippen LogP contribution < -0.4 is 16.6 Å². The van der Waals surface area contributed by atoms with Gasteiger partial charge in [0.25, 0.3) is 5.56 Å². The highest BCUT2D eigenvalue weighted by atomic mass is 35.5. The van der Waals surface area contributed by atoms with E-state index in [4.69, 9.17) is 11.6 Å². The first-order chi connectivity index (χ1) is 15.5. The zero-order valence-corrected chi connectivity index (χ0v) is 18.0. The molecule has 0 spiro atoms. The Balaban J connectivity index is 1.73. The smallest absolute Gasteiger partial charge is 0.325 e. The average molecular weight is 450 g/mol. The van der Waals surface area contributed by atoms with Crippen LogP contribution in [0.25, 0.3) is 11.2 Å². The summed E-state index contributed by atoms with van der Waals surface area (Å²) in [6.07, 6.45) is 3.59. The van der Waals surface area contributed by atoms with Gasteiger partial charge in [-0.25, -0.2) is 14.8 Å². The Hall–Kier alpha value is -3.78. The number of amides is 1. The van der Waals surface area contributed by atoms with Gasteiger partial charge in [0.15, 0.2) is 11.2 Å². The first-order valence-corrected chi connectivity index (χ1v) is 10.4. The van der Waals surface area contributed by atoms with Gasteiger partial charge in [0, 0.05) is 23.1 Å². The van der Waals surface area contributed by atoms with Crippen LogP contribution in [0.1, 0.15) is 18.1 Å². The second kappa shape index (κ2) is 9.15. The van der Waals surface area contributed by atoms with Crippen LogP contribution in [-0.2, 0) is 24.3 Å². The van der Waals surface area contributed by atoms with E-state index in [9.17, 15) is 14.4 Å². The first kappa shape index (κ1) is 21.5. The lowest BCUT2D eigenvalue weighted by atomic mass is 10.1. The van der Waals surface area contributed by atoms with Gasteiger partial charge in [0.05, 0.1) is 6.54 Å². The van der Waals surface area contributed by atoms with Crippen LogP contribution in [0.15, 0.2) is 70.5 Å². The molecular weight excluding hydrogens is 430 g/mol. The molecule has 0 unspecified atom stereocenters. The van der Waals surface area contributed by atoms with Crippen molar-refractivity contribution in [2.75, 3.05) is 5.32 Å². The summed E-state index contributed by atoms with van der Waals surface area (Å²) in [5, 5.41) is 3.35. The number of carbonyl (C=O) groups excluding carboxylic acids is 1. The number of carbonyl (C=O) groups is 1. The number of anilines is 1. The number of halogens is 1. The molecule has 0 radical (unpaired) electrons. The Morgan fingerprint density at radius 2 is 1.75 bits per heavy atom. The van der Waals surface area contributed by atoms with E-state index in [-0.39, 0.29) is 24.3 Å². The molecular formula is C23H20ClN5O3. The van der Waals surface area contributed by atoms with Gasteiger partial charge in [0.1, 0.15) is 6.54 Å². The zero-order valence-electron chi connectivity index (χ0n) is 17.3. The van der Waals surface area contributed by atoms with Gasteiger partial charge in [-0.1, -0.05) is 42.8 Å². The number of hydrogen-bond donors (Lipinski definition) is 1. The van der Waals surface area contributed by atoms with Gasteiger partial charge in [-0.15, -0.1) is 0 Å². The second-order valence-corrected chi connectivity index (χ2v) is 7.65. The van der Waals surface area contributed by atoms with Crippen molar-refractivity contribution in [2.45, 2.75) is 26.4 Å². The van der Waals surface area contributed by atoms with Crippen molar-refractivity contribution in [3.8, 4) is 0 Å². The van der Waals surface area contributed by atoms with Gasteiger partial charge in [-0.05, 0) is 41.8 Å². The topological polar surface area (TPSA) is 98.9 Å². The molecule has 1 N–H and O–H groups in total. The highest BCUT2D eigenvalue weighted by Crippen LogP contribution is 2.12. The minimum Gasteiger partial charge on any atom is -0.325 e. The Morgan fingerprint density at radius 1 is 1.00 bits per heavy atom. The summed E-state index contributed by atoms with van der Waals surface area (Å²) in [5.41, 5.74) is 1.29. The third-order valence-corrected chi connectivity index (χ3v) is 5.27. The van der Waals surface area contributed by atoms with E-state index < -0.39 is 17.2 Å². The minimum atomic E-state index is -0.643. The maximum absolute atomic E-state index is 13.2. The molecule has 4 aromatic rings. The van der Waals surface area contributed by atoms with Crippen molar-refractivity contribution in [3.63, 3.8) is 0 Å². The van der Waals surface area contributed by atoms with Crippen molar-refractivity contribution < 1.29 is 4.79 Å². The van der Waals surface area contributed by atoms with Crippen LogP contribution in [0.3, 0.4) is 0 Å². The van der Waals surface area contributed by atoms with Crippen LogP contribution in [0, 0.1) is 0 Å². The number of nitrogens with zero attached hydrogens (tertiary/aromatic N) is 4. The lowest BCUT2D eigenvalue weighted by molar-refractivity contribution is -0.116. The maximum Gasteiger partial charge on any atom is 0.333 e. The molecule has 0 aliphatic carbocycles. The van der Waals surface area contributed by atoms with E-state index in [1.54, 1.807) is 30.3 Å². The van der Waals surface area contributed by atoms with Gasteiger partial charge >= 0.3 is 5.69 Å². The number of aryl methyl sites for hydroxylation is 1. The molecule has 32 heavy (non-hydrogen) atoms. The number of nitrogens with one attached hydrogen (secondary N) is 1. The monoisotopic (exact) mass is 449 g/mol. The molecule has 0 aliphatic heterocycles. The molecule has 4 rings (SSSR count). The fourth-order valence-corrected chi connectivity index (χ4v) is 3.52. The van der Waals surface area contributed by atoms with E-state index in [0.717, 1.165) is 16.6 Å². The highest BCUT2D eigenvalue weighted by molar-refractivity contribution is 6.30. The molecule has 8 nitrogen and oxygen atoms in total. The molecule has 9 heteroatoms. The van der Waals surface area contributed by atoms with Crippen molar-refractivity contribution in [2.24, 2.45) is 0 Å². The Morgan fingerprint density at radius 3 is 2.50 bits per heavy atom. The first-order valence-electron chi connectivity index (χ1n) is 10.0. The third kappa shape index (κ3) is 4.45. The number of rotatable bonds is 6. The molecule has 2 heterocycles. The summed E-state index contributed by atoms with van der Waals surface area (Å²) in [6.45, 7) is 1.72. The fraction of sp³-hybridized carbons (Fsp3) is 0.174. The molecule has 0 saturated heterocycles. The lowest BCUT2D eigenvalue weighted by Crippen LogP contribution is -2.42. The standard InChI is InChI=1S/C23H20ClN5O3/c1-2-15-4-3-5-18(12-15)27-19(30)14-28-21-20(25-10-11-26-21)22(31)29(23(28)32)13-16-6-8-17(24)9-7-16/h3-12H,2,13-14H2,1H3,(H,27,30). The fourth-order valence-electron chi connectivity index (χ4n) is 3.40. The lowest BCUT2D eigenvalue weighted by Gasteiger charge is -2.13. The Kier molecular flexibility index (Phi) is 6.13. The summed E-state index contributed by atoms with van der Waals surface area (Å²) < 4.78 is 2.21. The largest absolute Gasteiger partial charge is 0.333 e. The van der Waals surface area contributed by atoms with E-state index in [1.807, 2.05) is 25.1 Å². The van der Waals surface area contributed by atoms with E-state index in [1.165, 1.54) is 17.0 Å². The molecule has 162 valence electrons. The predicted octanol–water partition coefficient (Wildman–Crippen LogP) is 2.86. The van der Waals surface area contributed by atoms with Crippen molar-refractivity contribution in [1.82, 2.24) is 19.1 Å². The molecule has 0 bridgehead atoms. The van der Waals surface area contributed by atoms with Gasteiger partial charge in [-0.2, -0.15) is 0 Å². The van der Waals surface area contributed by atoms with Crippen LogP contribution in [0.4, 0.5) is 5.69 Å². The van der Waals surface area contributed by atoms with Gasteiger partial charge in [-0.3, -0.25) is 18.7 Å². The Labute approximate surface area is 188 Å². The Bertz CT molecular complexity index is 1410. The normalized spacial score (nSPS) is 10.9. The summed E-state index contributed by atoms with van der Waals surface area (Å²) in [7, 11) is 0. The van der Waals surface area contributed by atoms with Crippen molar-refractivity contribution in [1.29, 1.82) is 0 Å². The van der Waals surface area contributed by atoms with Gasteiger partial charge < -0.3 is 5.32 Å². The third-order valence-electron chi connectivity index (χ3n) is 5.02. The summed E-state index contributed by atoms with van der Waals surface area (Å²) in [6, 6.07) is 14.3. The summed E-state index contributed by atoms with van der Waals surface area (Å²) in [5.74, 6) is -0.413. The molecule has 2 aromatic heterocycles. The number of benzene rings is 2. The molecule has 0 aliphatic rings. The summed E-state index contributed by atoms with van der Waals surface area (Å²) in [4.78, 5) is 47.1. The molecule has 2 aromatic carbocycles. The molecule has 1 amide bonds. The van der Waals surface area contributed by atoms with Crippen LogP contribution in [0.5, 0.6) is 0 Å². The summed E-state index contributed by atoms with van der Waals surface area (Å²) >= 11 is 5.93. The molecule has 0 saturated carbocycles. The van der Waals surface area contributed by atoms with Crippen LogP contribution in [-0.4, -0.2) is 25.0 Å². The molecule has 0 fully saturated rings. The SMILES string of the molecule is CCc1cccc(NC(=O)Cn2c(=O)n(Cc3ccc(Cl)cc3)c(=O)c3nccnc32)c1. The average Bonchev–Trinajstić information content (AvgIpc) is 2.81. The van der Waals surface area contributed by atoms with Crippen LogP contribution in [0.2, 0.25) is 5.02 Å². The van der Waals surface area contributed by atoms with Crippen molar-refractivity contribution in [3.05, 3.63) is 97.9 Å². The highest BCUT2D eigenvalue weighted by Gasteiger charge is 2.17. The molecule has 0 atom stereocenters. The number of fused-ring (bicyclic) bond motifs is 1. The van der Waals surface area contributed by atoms with Gasteiger partial charge in [0.2, 0.25) is 5.91 Å². The van der Waals surface area contributed by atoms with E-state index >= 15 is 0 Å². The van der Waals surface area contributed by atoms with E-state index in [0.29, 0.717) is 16.3 Å². The zero-order chi connectivity index (χ0) is 22.7. The minimum absolute atomic E-state index is 0.0154. The quantitative estimate of drug-likeness (QED) is 0.488. The second-order valence-electron chi connectivity index (χ2n) is 7.22. The number of hydrogen-bond acceptors (Lipinski definition) is 5. The maximum atomic E-state index is 13.2.